The van der Waals surface area contributed by atoms with Crippen molar-refractivity contribution in [3.05, 3.63) is 95.6 Å². The maximum atomic E-state index is 12.5. The number of thiocarbonyl (C=S) groups is 1. The third-order valence-corrected chi connectivity index (χ3v) is 4.35. The van der Waals surface area contributed by atoms with Gasteiger partial charge in [0.15, 0.2) is 5.11 Å². The Morgan fingerprint density at radius 1 is 0.900 bits per heavy atom. The summed E-state index contributed by atoms with van der Waals surface area (Å²) in [6.45, 7) is 0.402. The molecule has 0 heterocycles. The second-order valence-corrected chi connectivity index (χ2v) is 6.66. The molecule has 0 aliphatic rings. The number of carbonyl (C=O) groups excluding carboxylic acids is 2. The van der Waals surface area contributed by atoms with Crippen LogP contribution in [0.3, 0.4) is 0 Å². The van der Waals surface area contributed by atoms with Gasteiger partial charge in [0, 0.05) is 5.56 Å². The minimum Gasteiger partial charge on any atom is -0.487 e. The molecule has 3 rings (SSSR count). The Labute approximate surface area is 179 Å². The highest BCUT2D eigenvalue weighted by Gasteiger charge is 2.13. The Bertz CT molecular complexity index is 1050. The number of para-hydroxylation sites is 2. The zero-order valence-corrected chi connectivity index (χ0v) is 17.1. The second kappa shape index (κ2) is 10.2. The lowest BCUT2D eigenvalue weighted by Crippen LogP contribution is -2.34. The highest BCUT2D eigenvalue weighted by molar-refractivity contribution is 7.80. The Morgan fingerprint density at radius 3 is 2.37 bits per heavy atom. The van der Waals surface area contributed by atoms with Gasteiger partial charge in [-0.25, -0.2) is 4.79 Å². The quantitative estimate of drug-likeness (QED) is 0.460. The van der Waals surface area contributed by atoms with E-state index in [2.05, 4.69) is 15.4 Å². The zero-order valence-electron chi connectivity index (χ0n) is 16.3. The van der Waals surface area contributed by atoms with Crippen LogP contribution in [0.25, 0.3) is 0 Å². The van der Waals surface area contributed by atoms with Gasteiger partial charge in [-0.3, -0.25) is 10.1 Å². The topological polar surface area (TPSA) is 76.7 Å². The van der Waals surface area contributed by atoms with E-state index in [9.17, 15) is 9.59 Å². The maximum absolute atomic E-state index is 12.5. The van der Waals surface area contributed by atoms with Gasteiger partial charge in [-0.15, -0.1) is 0 Å². The van der Waals surface area contributed by atoms with Gasteiger partial charge in [-0.2, -0.15) is 0 Å². The molecular formula is C23H20N2O4S. The summed E-state index contributed by atoms with van der Waals surface area (Å²) in [5.41, 5.74) is 2.23. The van der Waals surface area contributed by atoms with E-state index in [4.69, 9.17) is 17.0 Å². The number of amides is 1. The molecule has 0 aromatic heterocycles. The van der Waals surface area contributed by atoms with Gasteiger partial charge in [0.25, 0.3) is 5.91 Å². The lowest BCUT2D eigenvalue weighted by molar-refractivity contribution is 0.0600. The smallest absolute Gasteiger partial charge is 0.337 e. The molecule has 152 valence electrons. The molecule has 3 aromatic carbocycles. The Balaban J connectivity index is 1.64. The monoisotopic (exact) mass is 420 g/mol. The van der Waals surface area contributed by atoms with Gasteiger partial charge in [0.2, 0.25) is 0 Å². The summed E-state index contributed by atoms with van der Waals surface area (Å²) in [6, 6.07) is 23.3. The fourth-order valence-corrected chi connectivity index (χ4v) is 2.87. The number of hydrogen-bond acceptors (Lipinski definition) is 5. The molecule has 0 atom stereocenters. The number of benzene rings is 3. The van der Waals surface area contributed by atoms with Crippen LogP contribution in [0.15, 0.2) is 78.9 Å². The van der Waals surface area contributed by atoms with Gasteiger partial charge in [0.1, 0.15) is 12.4 Å². The van der Waals surface area contributed by atoms with Crippen LogP contribution < -0.4 is 15.4 Å². The first kappa shape index (κ1) is 21.0. The van der Waals surface area contributed by atoms with E-state index in [1.807, 2.05) is 48.5 Å². The Kier molecular flexibility index (Phi) is 7.13. The molecule has 0 radical (unpaired) electrons. The fraction of sp³-hybridized carbons (Fsp3) is 0.0870. The molecule has 0 saturated heterocycles. The molecular weight excluding hydrogens is 400 g/mol. The first-order chi connectivity index (χ1) is 14.6. The molecule has 0 bridgehead atoms. The Morgan fingerprint density at radius 2 is 1.60 bits per heavy atom. The molecule has 2 N–H and O–H groups in total. The number of rotatable bonds is 6. The number of hydrogen-bond donors (Lipinski definition) is 2. The molecule has 7 heteroatoms. The standard InChI is InChI=1S/C23H20N2O4S/c1-28-22(27)18-11-7-10-17(14-18)21(26)25-23(30)24-19-12-5-6-13-20(19)29-15-16-8-3-2-4-9-16/h2-14H,15H2,1H3,(H2,24,25,26,30). The molecule has 0 aliphatic heterocycles. The van der Waals surface area contributed by atoms with E-state index in [0.29, 0.717) is 18.0 Å². The van der Waals surface area contributed by atoms with E-state index >= 15 is 0 Å². The minimum atomic E-state index is -0.519. The van der Waals surface area contributed by atoms with Gasteiger partial charge >= 0.3 is 5.97 Å². The highest BCUT2D eigenvalue weighted by atomic mass is 32.1. The van der Waals surface area contributed by atoms with Crippen molar-refractivity contribution in [3.8, 4) is 5.75 Å². The van der Waals surface area contributed by atoms with Gasteiger partial charge in [-0.05, 0) is 48.1 Å². The fourth-order valence-electron chi connectivity index (χ4n) is 2.67. The van der Waals surface area contributed by atoms with Crippen LogP contribution in [-0.4, -0.2) is 24.1 Å². The maximum Gasteiger partial charge on any atom is 0.337 e. The lowest BCUT2D eigenvalue weighted by Gasteiger charge is -2.14. The number of carbonyl (C=O) groups is 2. The van der Waals surface area contributed by atoms with Crippen molar-refractivity contribution in [1.82, 2.24) is 5.32 Å². The Hall–Kier alpha value is -3.71. The molecule has 0 fully saturated rings. The van der Waals surface area contributed by atoms with Crippen molar-refractivity contribution >= 4 is 34.9 Å². The average Bonchev–Trinajstić information content (AvgIpc) is 2.78. The summed E-state index contributed by atoms with van der Waals surface area (Å²) in [5, 5.41) is 5.69. The first-order valence-electron chi connectivity index (χ1n) is 9.13. The zero-order chi connectivity index (χ0) is 21.3. The van der Waals surface area contributed by atoms with Crippen LogP contribution in [0.5, 0.6) is 5.75 Å². The number of esters is 1. The molecule has 3 aromatic rings. The van der Waals surface area contributed by atoms with Crippen molar-refractivity contribution in [1.29, 1.82) is 0 Å². The summed E-state index contributed by atoms with van der Waals surface area (Å²) >= 11 is 5.27. The van der Waals surface area contributed by atoms with Crippen LogP contribution >= 0.6 is 12.2 Å². The first-order valence-corrected chi connectivity index (χ1v) is 9.54. The third-order valence-electron chi connectivity index (χ3n) is 4.15. The largest absolute Gasteiger partial charge is 0.487 e. The molecule has 6 nitrogen and oxygen atoms in total. The molecule has 1 amide bonds. The molecule has 0 spiro atoms. The number of nitrogens with one attached hydrogen (secondary N) is 2. The van der Waals surface area contributed by atoms with Gasteiger partial charge in [0.05, 0.1) is 18.4 Å². The summed E-state index contributed by atoms with van der Waals surface area (Å²) in [6.07, 6.45) is 0. The third kappa shape index (κ3) is 5.65. The van der Waals surface area contributed by atoms with Crippen LogP contribution in [0, 0.1) is 0 Å². The van der Waals surface area contributed by atoms with E-state index in [1.165, 1.54) is 13.2 Å². The average molecular weight is 420 g/mol. The highest BCUT2D eigenvalue weighted by Crippen LogP contribution is 2.24. The van der Waals surface area contributed by atoms with Crippen LogP contribution in [-0.2, 0) is 11.3 Å². The minimum absolute atomic E-state index is 0.110. The predicted octanol–water partition coefficient (Wildman–Crippen LogP) is 4.18. The van der Waals surface area contributed by atoms with Crippen LogP contribution in [0.4, 0.5) is 5.69 Å². The van der Waals surface area contributed by atoms with Crippen molar-refractivity contribution in [2.45, 2.75) is 6.61 Å². The van der Waals surface area contributed by atoms with E-state index < -0.39 is 11.9 Å². The number of ether oxygens (including phenoxy) is 2. The SMILES string of the molecule is COC(=O)c1cccc(C(=O)NC(=S)Nc2ccccc2OCc2ccccc2)c1. The summed E-state index contributed by atoms with van der Waals surface area (Å²) < 4.78 is 10.6. The van der Waals surface area contributed by atoms with Crippen molar-refractivity contribution in [3.63, 3.8) is 0 Å². The summed E-state index contributed by atoms with van der Waals surface area (Å²) in [5.74, 6) is -0.360. The number of anilines is 1. The molecule has 0 saturated carbocycles. The van der Waals surface area contributed by atoms with Crippen LogP contribution in [0.1, 0.15) is 26.3 Å². The van der Waals surface area contributed by atoms with Crippen molar-refractivity contribution < 1.29 is 19.1 Å². The normalized spacial score (nSPS) is 10.0. The predicted molar refractivity (Wildman–Crippen MR) is 119 cm³/mol. The van der Waals surface area contributed by atoms with Gasteiger partial charge in [-0.1, -0.05) is 48.5 Å². The van der Waals surface area contributed by atoms with Gasteiger partial charge < -0.3 is 14.8 Å². The van der Waals surface area contributed by atoms with Crippen molar-refractivity contribution in [2.24, 2.45) is 0 Å². The van der Waals surface area contributed by atoms with Crippen LogP contribution in [0.2, 0.25) is 0 Å². The van der Waals surface area contributed by atoms with Crippen molar-refractivity contribution in [2.75, 3.05) is 12.4 Å². The lowest BCUT2D eigenvalue weighted by atomic mass is 10.1. The molecule has 0 unspecified atom stereocenters. The van der Waals surface area contributed by atoms with E-state index in [1.54, 1.807) is 24.3 Å². The molecule has 30 heavy (non-hydrogen) atoms. The van der Waals surface area contributed by atoms with E-state index in [-0.39, 0.29) is 16.2 Å². The number of methoxy groups -OCH3 is 1. The molecule has 0 aliphatic carbocycles. The summed E-state index contributed by atoms with van der Waals surface area (Å²) in [7, 11) is 1.28. The summed E-state index contributed by atoms with van der Waals surface area (Å²) in [4.78, 5) is 24.1. The van der Waals surface area contributed by atoms with E-state index in [0.717, 1.165) is 5.56 Å². The second-order valence-electron chi connectivity index (χ2n) is 6.25.